The van der Waals surface area contributed by atoms with Gasteiger partial charge in [-0.2, -0.15) is 0 Å². The minimum absolute atomic E-state index is 0.0332. The monoisotopic (exact) mass is 556 g/mol. The van der Waals surface area contributed by atoms with Gasteiger partial charge in [-0.15, -0.1) is 6.58 Å². The Bertz CT molecular complexity index is 903. The zero-order valence-corrected chi connectivity index (χ0v) is 23.1. The van der Waals surface area contributed by atoms with Crippen LogP contribution in [-0.2, 0) is 23.9 Å². The predicted octanol–water partition coefficient (Wildman–Crippen LogP) is 2.71. The van der Waals surface area contributed by atoms with Crippen molar-refractivity contribution in [3.8, 4) is 0 Å². The third-order valence-corrected chi connectivity index (χ3v) is 7.00. The molecule has 0 aromatic heterocycles. The second-order valence-corrected chi connectivity index (χ2v) is 10.7. The van der Waals surface area contributed by atoms with Crippen LogP contribution in [0.1, 0.15) is 72.1 Å². The summed E-state index contributed by atoms with van der Waals surface area (Å²) in [7, 11) is 0. The van der Waals surface area contributed by atoms with Gasteiger partial charge in [0.1, 0.15) is 12.1 Å². The van der Waals surface area contributed by atoms with Gasteiger partial charge >= 0.3 is 6.09 Å². The molecule has 10 nitrogen and oxygen atoms in total. The number of nitrogens with zero attached hydrogens (tertiary/aromatic N) is 1. The highest BCUT2D eigenvalue weighted by Gasteiger charge is 2.45. The van der Waals surface area contributed by atoms with Gasteiger partial charge in [0.15, 0.2) is 0 Å². The molecule has 0 spiro atoms. The van der Waals surface area contributed by atoms with Crippen molar-refractivity contribution in [1.82, 2.24) is 20.9 Å². The minimum Gasteiger partial charge on any atom is -0.449 e. The Hall–Kier alpha value is -3.05. The van der Waals surface area contributed by atoms with Crippen molar-refractivity contribution in [3.05, 3.63) is 12.7 Å². The minimum atomic E-state index is -2.82. The second kappa shape index (κ2) is 14.9. The first-order chi connectivity index (χ1) is 18.4. The maximum atomic E-state index is 13.8. The number of amides is 4. The molecule has 1 aliphatic heterocycles. The van der Waals surface area contributed by atoms with Gasteiger partial charge in [0.05, 0.1) is 12.6 Å². The zero-order chi connectivity index (χ0) is 29.2. The Morgan fingerprint density at radius 1 is 1.10 bits per heavy atom. The maximum Gasteiger partial charge on any atom is 0.407 e. The fourth-order valence-electron chi connectivity index (χ4n) is 4.91. The van der Waals surface area contributed by atoms with Gasteiger partial charge in [0.2, 0.25) is 23.5 Å². The fourth-order valence-corrected chi connectivity index (χ4v) is 4.91. The van der Waals surface area contributed by atoms with E-state index in [9.17, 15) is 32.8 Å². The number of ketones is 1. The van der Waals surface area contributed by atoms with Crippen LogP contribution in [0.15, 0.2) is 12.7 Å². The molecule has 1 heterocycles. The molecule has 2 fully saturated rings. The van der Waals surface area contributed by atoms with E-state index >= 15 is 0 Å². The molecule has 1 aliphatic carbocycles. The van der Waals surface area contributed by atoms with Crippen molar-refractivity contribution < 1.29 is 37.5 Å². The van der Waals surface area contributed by atoms with E-state index in [1.54, 1.807) is 0 Å². The van der Waals surface area contributed by atoms with Crippen LogP contribution in [-0.4, -0.2) is 78.2 Å². The third kappa shape index (κ3) is 9.58. The highest BCUT2D eigenvalue weighted by atomic mass is 19.3. The van der Waals surface area contributed by atoms with Crippen LogP contribution in [0.25, 0.3) is 0 Å². The van der Waals surface area contributed by atoms with E-state index in [-0.39, 0.29) is 44.9 Å². The molecule has 3 unspecified atom stereocenters. The largest absolute Gasteiger partial charge is 0.449 e. The topological polar surface area (TPSA) is 134 Å². The highest BCUT2D eigenvalue weighted by Crippen LogP contribution is 2.38. The van der Waals surface area contributed by atoms with Crippen LogP contribution in [0.3, 0.4) is 0 Å². The van der Waals surface area contributed by atoms with Gasteiger partial charge in [-0.1, -0.05) is 33.3 Å². The molecule has 220 valence electrons. The number of hydrogen-bond acceptors (Lipinski definition) is 6. The van der Waals surface area contributed by atoms with Gasteiger partial charge in [-0.3, -0.25) is 19.2 Å². The van der Waals surface area contributed by atoms with Gasteiger partial charge in [-0.25, -0.2) is 13.6 Å². The Kier molecular flexibility index (Phi) is 12.3. The fraction of sp³-hybridized carbons (Fsp3) is 0.741. The van der Waals surface area contributed by atoms with E-state index in [1.165, 1.54) is 11.0 Å². The van der Waals surface area contributed by atoms with Gasteiger partial charge in [0, 0.05) is 25.9 Å². The standard InChI is InChI=1S/C27H42F2N4O6/c1-5-8-19(22(34)24(36)30-14-6-2)31-23(35)20-9-7-15-33(20)25(37)21(32-26(38)39-16-17(3)4)18-10-12-27(28,29)13-11-18/h6,17-21H,2,5,7-16H2,1,3-4H3,(H,30,36)(H,31,35)(H,32,38). The van der Waals surface area contributed by atoms with Crippen molar-refractivity contribution in [2.24, 2.45) is 11.8 Å². The third-order valence-electron chi connectivity index (χ3n) is 7.00. The summed E-state index contributed by atoms with van der Waals surface area (Å²) in [6.07, 6.45) is 1.45. The number of hydrogen-bond donors (Lipinski definition) is 3. The lowest BCUT2D eigenvalue weighted by atomic mass is 9.81. The van der Waals surface area contributed by atoms with Crippen molar-refractivity contribution in [2.75, 3.05) is 19.7 Å². The lowest BCUT2D eigenvalue weighted by Gasteiger charge is -2.36. The first-order valence-corrected chi connectivity index (χ1v) is 13.7. The van der Waals surface area contributed by atoms with Crippen LogP contribution >= 0.6 is 0 Å². The average molecular weight is 557 g/mol. The lowest BCUT2D eigenvalue weighted by Crippen LogP contribution is -2.58. The number of Topliss-reactive ketones (excluding diaryl/α,β-unsaturated/α-hetero) is 1. The average Bonchev–Trinajstić information content (AvgIpc) is 3.38. The van der Waals surface area contributed by atoms with Crippen molar-refractivity contribution in [3.63, 3.8) is 0 Å². The Balaban J connectivity index is 2.18. The van der Waals surface area contributed by atoms with Crippen LogP contribution in [0.4, 0.5) is 13.6 Å². The van der Waals surface area contributed by atoms with Crippen molar-refractivity contribution in [2.45, 2.75) is 96.2 Å². The number of ether oxygens (including phenoxy) is 1. The predicted molar refractivity (Wildman–Crippen MR) is 140 cm³/mol. The maximum absolute atomic E-state index is 13.8. The molecule has 3 atom stereocenters. The number of carbonyl (C=O) groups excluding carboxylic acids is 5. The van der Waals surface area contributed by atoms with E-state index < -0.39 is 72.4 Å². The molecule has 0 aromatic carbocycles. The van der Waals surface area contributed by atoms with Crippen LogP contribution in [0.2, 0.25) is 0 Å². The van der Waals surface area contributed by atoms with Crippen molar-refractivity contribution in [1.29, 1.82) is 0 Å². The van der Waals surface area contributed by atoms with Crippen LogP contribution in [0, 0.1) is 11.8 Å². The molecule has 2 rings (SSSR count). The quantitative estimate of drug-likeness (QED) is 0.236. The lowest BCUT2D eigenvalue weighted by molar-refractivity contribution is -0.144. The van der Waals surface area contributed by atoms with Gasteiger partial charge < -0.3 is 25.6 Å². The summed E-state index contributed by atoms with van der Waals surface area (Å²) in [4.78, 5) is 65.6. The molecular weight excluding hydrogens is 514 g/mol. The molecule has 4 amide bonds. The zero-order valence-electron chi connectivity index (χ0n) is 23.1. The molecule has 39 heavy (non-hydrogen) atoms. The normalized spacial score (nSPS) is 20.6. The Morgan fingerprint density at radius 2 is 1.77 bits per heavy atom. The molecule has 1 saturated carbocycles. The smallest absolute Gasteiger partial charge is 0.407 e. The van der Waals surface area contributed by atoms with Crippen molar-refractivity contribution >= 4 is 29.6 Å². The number of alkyl carbamates (subject to hydrolysis) is 1. The molecule has 0 aromatic rings. The molecular formula is C27H42F2N4O6. The number of halogens is 2. The number of carbonyl (C=O) groups is 5. The van der Waals surface area contributed by atoms with Crippen LogP contribution < -0.4 is 16.0 Å². The molecule has 1 saturated heterocycles. The van der Waals surface area contributed by atoms with Gasteiger partial charge in [0.25, 0.3) is 5.91 Å². The molecule has 0 radical (unpaired) electrons. The van der Waals surface area contributed by atoms with Gasteiger partial charge in [-0.05, 0) is 43.9 Å². The number of alkyl halides is 2. The number of nitrogens with one attached hydrogen (secondary N) is 3. The first-order valence-electron chi connectivity index (χ1n) is 13.7. The Morgan fingerprint density at radius 3 is 2.36 bits per heavy atom. The molecule has 2 aliphatic rings. The summed E-state index contributed by atoms with van der Waals surface area (Å²) < 4.78 is 32.9. The summed E-state index contributed by atoms with van der Waals surface area (Å²) >= 11 is 0. The number of rotatable bonds is 13. The molecule has 12 heteroatoms. The van der Waals surface area contributed by atoms with Crippen LogP contribution in [0.5, 0.6) is 0 Å². The molecule has 3 N–H and O–H groups in total. The van der Waals surface area contributed by atoms with E-state index in [4.69, 9.17) is 4.74 Å². The highest BCUT2D eigenvalue weighted by molar-refractivity contribution is 6.38. The summed E-state index contributed by atoms with van der Waals surface area (Å²) in [6, 6.07) is -3.13. The Labute approximate surface area is 228 Å². The summed E-state index contributed by atoms with van der Waals surface area (Å²) in [5.41, 5.74) is 0. The van der Waals surface area contributed by atoms with E-state index in [0.29, 0.717) is 19.3 Å². The van der Waals surface area contributed by atoms with E-state index in [2.05, 4.69) is 22.5 Å². The summed E-state index contributed by atoms with van der Waals surface area (Å²) in [5, 5.41) is 7.61. The number of likely N-dealkylation sites (tertiary alicyclic amines) is 1. The summed E-state index contributed by atoms with van der Waals surface area (Å²) in [6.45, 7) is 9.45. The first kappa shape index (κ1) is 32.2. The molecule has 0 bridgehead atoms. The summed E-state index contributed by atoms with van der Waals surface area (Å²) in [5.74, 6) is -6.08. The SMILES string of the molecule is C=CCNC(=O)C(=O)C(CCC)NC(=O)C1CCCN1C(=O)C(NC(=O)OCC(C)C)C1CCC(F)(F)CC1. The van der Waals surface area contributed by atoms with E-state index in [1.807, 2.05) is 20.8 Å². The second-order valence-electron chi connectivity index (χ2n) is 10.7. The van der Waals surface area contributed by atoms with E-state index in [0.717, 1.165) is 0 Å².